The SMILES string of the molecule is Cc1cc(OC2CCN(C(=O)c3ccc4nc(C)sc4c3)CC2)cc(=O)o1. The molecular weight excluding hydrogens is 364 g/mol. The van der Waals surface area contributed by atoms with E-state index in [1.807, 2.05) is 30.0 Å². The number of benzene rings is 1. The topological polar surface area (TPSA) is 72.6 Å². The van der Waals surface area contributed by atoms with Crippen LogP contribution >= 0.6 is 11.3 Å². The molecule has 4 rings (SSSR count). The Morgan fingerprint density at radius 3 is 2.74 bits per heavy atom. The molecule has 3 aromatic rings. The van der Waals surface area contributed by atoms with Crippen LogP contribution in [0.5, 0.6) is 5.75 Å². The van der Waals surface area contributed by atoms with Gasteiger partial charge < -0.3 is 14.1 Å². The Bertz CT molecular complexity index is 1050. The van der Waals surface area contributed by atoms with E-state index in [0.29, 0.717) is 30.2 Å². The standard InChI is InChI=1S/C20H20N2O4S/c1-12-9-16(11-19(23)25-12)26-15-5-7-22(8-6-15)20(24)14-3-4-17-18(10-14)27-13(2)21-17/h3-4,9-11,15H,5-8H2,1-2H3. The molecule has 7 heteroatoms. The van der Waals surface area contributed by atoms with Crippen molar-refractivity contribution in [3.63, 3.8) is 0 Å². The van der Waals surface area contributed by atoms with E-state index in [2.05, 4.69) is 4.98 Å². The van der Waals surface area contributed by atoms with E-state index in [4.69, 9.17) is 9.15 Å². The maximum absolute atomic E-state index is 12.8. The van der Waals surface area contributed by atoms with Gasteiger partial charge in [-0.2, -0.15) is 0 Å². The number of likely N-dealkylation sites (tertiary alicyclic amines) is 1. The maximum Gasteiger partial charge on any atom is 0.339 e. The van der Waals surface area contributed by atoms with Crippen LogP contribution in [0.15, 0.2) is 39.5 Å². The number of piperidine rings is 1. The van der Waals surface area contributed by atoms with Gasteiger partial charge in [0.1, 0.15) is 17.6 Å². The summed E-state index contributed by atoms with van der Waals surface area (Å²) in [7, 11) is 0. The van der Waals surface area contributed by atoms with E-state index < -0.39 is 5.63 Å². The number of carbonyl (C=O) groups excluding carboxylic acids is 1. The summed E-state index contributed by atoms with van der Waals surface area (Å²) >= 11 is 1.60. The van der Waals surface area contributed by atoms with Crippen molar-refractivity contribution in [2.45, 2.75) is 32.8 Å². The van der Waals surface area contributed by atoms with Crippen LogP contribution in [0.2, 0.25) is 0 Å². The molecule has 2 aromatic heterocycles. The third-order valence-electron chi connectivity index (χ3n) is 4.64. The van der Waals surface area contributed by atoms with Crippen LogP contribution in [0, 0.1) is 13.8 Å². The Morgan fingerprint density at radius 2 is 2.00 bits per heavy atom. The molecule has 0 bridgehead atoms. The average molecular weight is 384 g/mol. The molecule has 1 aliphatic heterocycles. The molecule has 0 unspecified atom stereocenters. The summed E-state index contributed by atoms with van der Waals surface area (Å²) in [6.45, 7) is 4.94. The summed E-state index contributed by atoms with van der Waals surface area (Å²) in [5.74, 6) is 1.09. The molecule has 0 radical (unpaired) electrons. The van der Waals surface area contributed by atoms with Crippen molar-refractivity contribution >= 4 is 27.5 Å². The number of thiazole rings is 1. The molecule has 0 saturated carbocycles. The van der Waals surface area contributed by atoms with Crippen molar-refractivity contribution in [3.8, 4) is 5.75 Å². The first-order chi connectivity index (χ1) is 13.0. The zero-order chi connectivity index (χ0) is 19.0. The van der Waals surface area contributed by atoms with Crippen molar-refractivity contribution in [2.24, 2.45) is 0 Å². The van der Waals surface area contributed by atoms with Gasteiger partial charge in [-0.3, -0.25) is 4.79 Å². The summed E-state index contributed by atoms with van der Waals surface area (Å²) in [4.78, 5) is 30.6. The molecule has 0 spiro atoms. The summed E-state index contributed by atoms with van der Waals surface area (Å²) in [5.41, 5.74) is 1.22. The molecule has 1 fully saturated rings. The first-order valence-corrected chi connectivity index (χ1v) is 9.74. The Morgan fingerprint density at radius 1 is 1.22 bits per heavy atom. The number of amides is 1. The highest BCUT2D eigenvalue weighted by atomic mass is 32.1. The summed E-state index contributed by atoms with van der Waals surface area (Å²) < 4.78 is 11.9. The van der Waals surface area contributed by atoms with Gasteiger partial charge in [0.2, 0.25) is 0 Å². The second kappa shape index (κ2) is 7.15. The number of fused-ring (bicyclic) bond motifs is 1. The van der Waals surface area contributed by atoms with Crippen molar-refractivity contribution in [2.75, 3.05) is 13.1 Å². The monoisotopic (exact) mass is 384 g/mol. The van der Waals surface area contributed by atoms with Gasteiger partial charge in [-0.05, 0) is 32.0 Å². The summed E-state index contributed by atoms with van der Waals surface area (Å²) in [6.07, 6.45) is 1.45. The largest absolute Gasteiger partial charge is 0.490 e. The van der Waals surface area contributed by atoms with Crippen LogP contribution in [0.1, 0.15) is 34.0 Å². The number of hydrogen-bond donors (Lipinski definition) is 0. The normalized spacial score (nSPS) is 15.3. The van der Waals surface area contributed by atoms with E-state index in [1.54, 1.807) is 24.3 Å². The number of nitrogens with zero attached hydrogens (tertiary/aromatic N) is 2. The van der Waals surface area contributed by atoms with E-state index >= 15 is 0 Å². The van der Waals surface area contributed by atoms with Gasteiger partial charge in [0.05, 0.1) is 21.3 Å². The second-order valence-corrected chi connectivity index (χ2v) is 7.98. The highest BCUT2D eigenvalue weighted by Gasteiger charge is 2.25. The molecular formula is C20H20N2O4S. The summed E-state index contributed by atoms with van der Waals surface area (Å²) in [5, 5.41) is 0.998. The van der Waals surface area contributed by atoms with Crippen LogP contribution in [-0.2, 0) is 0 Å². The fourth-order valence-corrected chi connectivity index (χ4v) is 4.23. The number of rotatable bonds is 3. The predicted molar refractivity (Wildman–Crippen MR) is 104 cm³/mol. The first kappa shape index (κ1) is 17.7. The highest BCUT2D eigenvalue weighted by Crippen LogP contribution is 2.25. The fourth-order valence-electron chi connectivity index (χ4n) is 3.37. The molecule has 1 aliphatic rings. The van der Waals surface area contributed by atoms with Gasteiger partial charge >= 0.3 is 5.63 Å². The van der Waals surface area contributed by atoms with Crippen LogP contribution in [0.3, 0.4) is 0 Å². The lowest BCUT2D eigenvalue weighted by Crippen LogP contribution is -2.41. The zero-order valence-electron chi connectivity index (χ0n) is 15.2. The van der Waals surface area contributed by atoms with E-state index in [-0.39, 0.29) is 12.0 Å². The number of ether oxygens (including phenoxy) is 1. The number of aromatic nitrogens is 1. The van der Waals surface area contributed by atoms with E-state index in [9.17, 15) is 9.59 Å². The van der Waals surface area contributed by atoms with Crippen LogP contribution in [0.25, 0.3) is 10.2 Å². The third-order valence-corrected chi connectivity index (χ3v) is 5.58. The summed E-state index contributed by atoms with van der Waals surface area (Å²) in [6, 6.07) is 8.75. The second-order valence-electron chi connectivity index (χ2n) is 6.75. The fraction of sp³-hybridized carbons (Fsp3) is 0.350. The van der Waals surface area contributed by atoms with Crippen LogP contribution in [0.4, 0.5) is 0 Å². The van der Waals surface area contributed by atoms with E-state index in [1.165, 1.54) is 6.07 Å². The van der Waals surface area contributed by atoms with Gasteiger partial charge in [0.15, 0.2) is 0 Å². The van der Waals surface area contributed by atoms with Gasteiger partial charge in [-0.15, -0.1) is 11.3 Å². The predicted octanol–water partition coefficient (Wildman–Crippen LogP) is 3.55. The average Bonchev–Trinajstić information content (AvgIpc) is 3.00. The Balaban J connectivity index is 1.40. The molecule has 6 nitrogen and oxygen atoms in total. The molecule has 1 saturated heterocycles. The molecule has 3 heterocycles. The number of hydrogen-bond acceptors (Lipinski definition) is 6. The first-order valence-electron chi connectivity index (χ1n) is 8.93. The van der Waals surface area contributed by atoms with Crippen molar-refractivity contribution in [1.29, 1.82) is 0 Å². The Kier molecular flexibility index (Phi) is 4.70. The van der Waals surface area contributed by atoms with Gasteiger partial charge in [0, 0.05) is 37.6 Å². The van der Waals surface area contributed by atoms with Gasteiger partial charge in [-0.1, -0.05) is 0 Å². The molecule has 1 amide bonds. The van der Waals surface area contributed by atoms with Gasteiger partial charge in [-0.25, -0.2) is 9.78 Å². The molecule has 140 valence electrons. The van der Waals surface area contributed by atoms with Crippen molar-refractivity contribution in [1.82, 2.24) is 9.88 Å². The maximum atomic E-state index is 12.8. The van der Waals surface area contributed by atoms with Crippen molar-refractivity contribution in [3.05, 3.63) is 57.1 Å². The Labute approximate surface area is 160 Å². The lowest BCUT2D eigenvalue weighted by molar-refractivity contribution is 0.0594. The number of aryl methyl sites for hydroxylation is 2. The highest BCUT2D eigenvalue weighted by molar-refractivity contribution is 7.18. The third kappa shape index (κ3) is 3.88. The molecule has 27 heavy (non-hydrogen) atoms. The van der Waals surface area contributed by atoms with Crippen molar-refractivity contribution < 1.29 is 13.9 Å². The smallest absolute Gasteiger partial charge is 0.339 e. The Hall–Kier alpha value is -2.67. The minimum atomic E-state index is -0.411. The molecule has 0 atom stereocenters. The molecule has 0 N–H and O–H groups in total. The lowest BCUT2D eigenvalue weighted by Gasteiger charge is -2.32. The minimum Gasteiger partial charge on any atom is -0.490 e. The van der Waals surface area contributed by atoms with E-state index in [0.717, 1.165) is 28.1 Å². The minimum absolute atomic E-state index is 0.0122. The quantitative estimate of drug-likeness (QED) is 0.690. The number of carbonyl (C=O) groups is 1. The van der Waals surface area contributed by atoms with Gasteiger partial charge in [0.25, 0.3) is 5.91 Å². The van der Waals surface area contributed by atoms with Crippen LogP contribution in [-0.4, -0.2) is 35.0 Å². The molecule has 0 aliphatic carbocycles. The molecule has 1 aromatic carbocycles. The zero-order valence-corrected chi connectivity index (χ0v) is 16.0. The van der Waals surface area contributed by atoms with Crippen LogP contribution < -0.4 is 10.4 Å². The lowest BCUT2D eigenvalue weighted by atomic mass is 10.1.